The van der Waals surface area contributed by atoms with Crippen LogP contribution in [0.15, 0.2) is 30.6 Å². The number of anilines is 1. The second kappa shape index (κ2) is 5.19. The van der Waals surface area contributed by atoms with Gasteiger partial charge in [-0.25, -0.2) is 13.9 Å². The number of benzene rings is 1. The monoisotopic (exact) mass is 326 g/mol. The highest BCUT2D eigenvalue weighted by Crippen LogP contribution is 2.38. The van der Waals surface area contributed by atoms with E-state index in [-0.39, 0.29) is 11.2 Å². The maximum absolute atomic E-state index is 13.4. The van der Waals surface area contributed by atoms with Gasteiger partial charge in [-0.15, -0.1) is 0 Å². The van der Waals surface area contributed by atoms with Crippen LogP contribution < -0.4 is 10.1 Å². The van der Waals surface area contributed by atoms with Gasteiger partial charge in [0.15, 0.2) is 5.65 Å². The third-order valence-corrected chi connectivity index (χ3v) is 4.61. The lowest BCUT2D eigenvalue weighted by Crippen LogP contribution is -2.22. The van der Waals surface area contributed by atoms with Crippen LogP contribution in [0.2, 0.25) is 0 Å². The molecule has 0 atom stereocenters. The van der Waals surface area contributed by atoms with Crippen molar-refractivity contribution in [1.29, 1.82) is 0 Å². The average molecular weight is 326 g/mol. The second-order valence-electron chi connectivity index (χ2n) is 6.80. The molecule has 0 saturated heterocycles. The number of nitrogens with zero attached hydrogens (tertiary/aromatic N) is 3. The fraction of sp³-hybridized carbons (Fsp3) is 0.333. The van der Waals surface area contributed by atoms with Gasteiger partial charge in [0.05, 0.1) is 18.5 Å². The molecule has 6 heteroatoms. The first-order valence-corrected chi connectivity index (χ1v) is 7.92. The van der Waals surface area contributed by atoms with E-state index in [1.807, 2.05) is 4.52 Å². The number of hydrogen-bond acceptors (Lipinski definition) is 4. The minimum atomic E-state index is -0.305. The first kappa shape index (κ1) is 14.9. The number of halogens is 1. The van der Waals surface area contributed by atoms with Gasteiger partial charge in [0.1, 0.15) is 17.9 Å². The van der Waals surface area contributed by atoms with Gasteiger partial charge in [0, 0.05) is 30.0 Å². The summed E-state index contributed by atoms with van der Waals surface area (Å²) in [5.41, 5.74) is 4.99. The molecule has 2 aromatic heterocycles. The zero-order valence-electron chi connectivity index (χ0n) is 13.9. The van der Waals surface area contributed by atoms with Crippen LogP contribution in [-0.2, 0) is 11.8 Å². The number of fused-ring (bicyclic) bond motifs is 3. The molecule has 24 heavy (non-hydrogen) atoms. The maximum atomic E-state index is 13.4. The predicted molar refractivity (Wildman–Crippen MR) is 90.3 cm³/mol. The van der Waals surface area contributed by atoms with Gasteiger partial charge in [0.25, 0.3) is 0 Å². The Labute approximate surface area is 139 Å². The summed E-state index contributed by atoms with van der Waals surface area (Å²) in [6.07, 6.45) is 2.18. The van der Waals surface area contributed by atoms with Crippen molar-refractivity contribution in [2.24, 2.45) is 0 Å². The van der Waals surface area contributed by atoms with Crippen molar-refractivity contribution in [2.75, 3.05) is 19.0 Å². The summed E-state index contributed by atoms with van der Waals surface area (Å²) in [4.78, 5) is 4.44. The second-order valence-corrected chi connectivity index (χ2v) is 6.80. The summed E-state index contributed by atoms with van der Waals surface area (Å²) >= 11 is 0. The van der Waals surface area contributed by atoms with Crippen molar-refractivity contribution in [2.45, 2.75) is 25.7 Å². The van der Waals surface area contributed by atoms with E-state index in [9.17, 15) is 4.39 Å². The smallest absolute Gasteiger partial charge is 0.159 e. The molecule has 4 rings (SSSR count). The van der Waals surface area contributed by atoms with Crippen LogP contribution in [0.4, 0.5) is 10.1 Å². The summed E-state index contributed by atoms with van der Waals surface area (Å²) in [6, 6.07) is 6.74. The van der Waals surface area contributed by atoms with E-state index in [0.29, 0.717) is 12.2 Å². The fourth-order valence-electron chi connectivity index (χ4n) is 3.43. The van der Waals surface area contributed by atoms with Crippen molar-refractivity contribution in [3.05, 3.63) is 53.2 Å². The maximum Gasteiger partial charge on any atom is 0.159 e. The lowest BCUT2D eigenvalue weighted by Gasteiger charge is -2.18. The van der Waals surface area contributed by atoms with Crippen molar-refractivity contribution in [1.82, 2.24) is 14.6 Å². The van der Waals surface area contributed by atoms with E-state index < -0.39 is 0 Å². The Bertz CT molecular complexity index is 932. The van der Waals surface area contributed by atoms with Crippen molar-refractivity contribution in [3.8, 4) is 5.75 Å². The van der Waals surface area contributed by atoms with E-state index in [4.69, 9.17) is 4.74 Å². The van der Waals surface area contributed by atoms with Crippen LogP contribution in [0.5, 0.6) is 5.75 Å². The lowest BCUT2D eigenvalue weighted by molar-refractivity contribution is 0.407. The highest BCUT2D eigenvalue weighted by Gasteiger charge is 2.34. The largest absolute Gasteiger partial charge is 0.496 e. The van der Waals surface area contributed by atoms with Crippen LogP contribution >= 0.6 is 0 Å². The number of methoxy groups -OCH3 is 1. The van der Waals surface area contributed by atoms with Crippen LogP contribution in [0.1, 0.15) is 30.7 Å². The Balaban J connectivity index is 1.85. The third-order valence-electron chi connectivity index (χ3n) is 4.61. The lowest BCUT2D eigenvalue weighted by atomic mass is 9.90. The first-order chi connectivity index (χ1) is 11.5. The van der Waals surface area contributed by atoms with Crippen LogP contribution in [0.25, 0.3) is 5.65 Å². The molecule has 0 aliphatic carbocycles. The molecular formula is C18H19FN4O. The quantitative estimate of drug-likeness (QED) is 0.803. The van der Waals surface area contributed by atoms with Gasteiger partial charge in [0.2, 0.25) is 0 Å². The predicted octanol–water partition coefficient (Wildman–Crippen LogP) is 3.17. The van der Waals surface area contributed by atoms with Crippen molar-refractivity contribution in [3.63, 3.8) is 0 Å². The molecule has 0 fully saturated rings. The fourth-order valence-corrected chi connectivity index (χ4v) is 3.43. The minimum absolute atomic E-state index is 0.00657. The summed E-state index contributed by atoms with van der Waals surface area (Å²) in [7, 11) is 1.55. The molecule has 0 radical (unpaired) electrons. The summed E-state index contributed by atoms with van der Waals surface area (Å²) < 4.78 is 20.7. The summed E-state index contributed by atoms with van der Waals surface area (Å²) in [5.74, 6) is 0.238. The zero-order valence-corrected chi connectivity index (χ0v) is 13.9. The van der Waals surface area contributed by atoms with Crippen LogP contribution in [-0.4, -0.2) is 28.3 Å². The topological polar surface area (TPSA) is 51.5 Å². The number of rotatable bonds is 3. The molecule has 1 aromatic carbocycles. The first-order valence-electron chi connectivity index (χ1n) is 7.92. The van der Waals surface area contributed by atoms with E-state index in [1.165, 1.54) is 12.1 Å². The molecule has 0 amide bonds. The van der Waals surface area contributed by atoms with Gasteiger partial charge >= 0.3 is 0 Å². The van der Waals surface area contributed by atoms with Gasteiger partial charge in [-0.3, -0.25) is 0 Å². The Morgan fingerprint density at radius 3 is 2.92 bits per heavy atom. The van der Waals surface area contributed by atoms with Gasteiger partial charge in [-0.05, 0) is 17.7 Å². The highest BCUT2D eigenvalue weighted by molar-refractivity contribution is 5.66. The summed E-state index contributed by atoms with van der Waals surface area (Å²) in [6.45, 7) is 5.24. The molecular weight excluding hydrogens is 307 g/mol. The number of nitrogens with one attached hydrogen (secondary N) is 1. The van der Waals surface area contributed by atoms with Crippen LogP contribution in [0, 0.1) is 5.82 Å². The van der Waals surface area contributed by atoms with Crippen molar-refractivity contribution < 1.29 is 9.13 Å². The molecule has 0 bridgehead atoms. The number of hydrogen-bond donors (Lipinski definition) is 1. The molecule has 1 aliphatic rings. The van der Waals surface area contributed by atoms with Crippen LogP contribution in [0.3, 0.4) is 0 Å². The number of aromatic nitrogens is 3. The van der Waals surface area contributed by atoms with Gasteiger partial charge in [-0.2, -0.15) is 5.10 Å². The van der Waals surface area contributed by atoms with E-state index in [1.54, 1.807) is 19.5 Å². The molecule has 0 spiro atoms. The van der Waals surface area contributed by atoms with Crippen molar-refractivity contribution >= 4 is 11.3 Å². The zero-order chi connectivity index (χ0) is 16.9. The molecule has 1 N–H and O–H groups in total. The molecule has 1 aliphatic heterocycles. The molecule has 0 unspecified atom stereocenters. The number of ether oxygens (including phenoxy) is 1. The Morgan fingerprint density at radius 1 is 1.29 bits per heavy atom. The van der Waals surface area contributed by atoms with E-state index in [2.05, 4.69) is 35.3 Å². The molecule has 124 valence electrons. The average Bonchev–Trinajstić information content (AvgIpc) is 3.13. The highest BCUT2D eigenvalue weighted by atomic mass is 19.1. The molecule has 0 saturated carbocycles. The minimum Gasteiger partial charge on any atom is -0.496 e. The van der Waals surface area contributed by atoms with E-state index >= 15 is 0 Å². The van der Waals surface area contributed by atoms with Gasteiger partial charge in [-0.1, -0.05) is 19.9 Å². The standard InChI is InChI=1S/C18H19FN4O/c1-18(2)9-20-14-7-12(17-21-10-22-23(17)16(14)18)6-11-4-5-13(19)8-15(11)24-3/h4-5,7-8,10,20H,6,9H2,1-3H3. The molecule has 3 heterocycles. The normalized spacial score (nSPS) is 15.3. The third kappa shape index (κ3) is 2.21. The molecule has 3 aromatic rings. The summed E-state index contributed by atoms with van der Waals surface area (Å²) in [5, 5.41) is 7.88. The Hall–Kier alpha value is -2.63. The molecule has 5 nitrogen and oxygen atoms in total. The Kier molecular flexibility index (Phi) is 3.23. The Morgan fingerprint density at radius 2 is 2.12 bits per heavy atom. The SMILES string of the molecule is COc1cc(F)ccc1Cc1cc2c(n3ncnc13)C(C)(C)CN2. The van der Waals surface area contributed by atoms with E-state index in [0.717, 1.165) is 34.7 Å². The number of pyridine rings is 1. The van der Waals surface area contributed by atoms with Gasteiger partial charge < -0.3 is 10.1 Å².